The van der Waals surface area contributed by atoms with Crippen molar-refractivity contribution in [1.29, 1.82) is 0 Å². The number of ketones is 1. The highest BCUT2D eigenvalue weighted by Crippen LogP contribution is 2.17. The molecule has 2 rings (SSSR count). The zero-order chi connectivity index (χ0) is 14.5. The van der Waals surface area contributed by atoms with E-state index in [2.05, 4.69) is 11.8 Å². The van der Waals surface area contributed by atoms with E-state index in [4.69, 9.17) is 0 Å². The number of nitrogens with zero attached hydrogens (tertiary/aromatic N) is 2. The maximum atomic E-state index is 13.6. The molecule has 0 spiro atoms. The summed E-state index contributed by atoms with van der Waals surface area (Å²) in [7, 11) is 1.94. The van der Waals surface area contributed by atoms with E-state index in [0.29, 0.717) is 6.04 Å². The predicted octanol–water partition coefficient (Wildman–Crippen LogP) is 2.42. The Labute approximate surface area is 120 Å². The average molecular weight is 278 g/mol. The molecule has 0 aliphatic carbocycles. The Bertz CT molecular complexity index is 464. The summed E-state index contributed by atoms with van der Waals surface area (Å²) in [6.45, 7) is 5.52. The lowest BCUT2D eigenvalue weighted by molar-refractivity contribution is 0.0925. The number of likely N-dealkylation sites (N-methyl/N-ethyl adjacent to an activating group) is 2. The van der Waals surface area contributed by atoms with Crippen molar-refractivity contribution in [2.45, 2.75) is 25.8 Å². The first-order valence-electron chi connectivity index (χ1n) is 7.32. The van der Waals surface area contributed by atoms with Gasteiger partial charge in [-0.15, -0.1) is 0 Å². The standard InChI is InChI=1S/C16H23FN2O/c1-3-19-10-6-7-13(19)11-18(2)12-16(20)14-8-4-5-9-15(14)17/h4-5,8-9,13H,3,6-7,10-12H2,1-2H3. The first-order chi connectivity index (χ1) is 9.61. The quantitative estimate of drug-likeness (QED) is 0.747. The maximum absolute atomic E-state index is 13.6. The van der Waals surface area contributed by atoms with Gasteiger partial charge in [-0.2, -0.15) is 0 Å². The molecule has 1 aliphatic rings. The summed E-state index contributed by atoms with van der Waals surface area (Å²) in [6, 6.07) is 6.72. The van der Waals surface area contributed by atoms with Crippen LogP contribution in [0.4, 0.5) is 4.39 Å². The Morgan fingerprint density at radius 1 is 1.45 bits per heavy atom. The third-order valence-electron chi connectivity index (χ3n) is 4.02. The molecule has 0 aromatic heterocycles. The maximum Gasteiger partial charge on any atom is 0.179 e. The Kier molecular flexibility index (Phi) is 5.26. The number of likely N-dealkylation sites (tertiary alicyclic amines) is 1. The van der Waals surface area contributed by atoms with Crippen LogP contribution in [0.5, 0.6) is 0 Å². The largest absolute Gasteiger partial charge is 0.299 e. The van der Waals surface area contributed by atoms with Gasteiger partial charge in [0, 0.05) is 12.6 Å². The predicted molar refractivity (Wildman–Crippen MR) is 78.5 cm³/mol. The molecule has 1 aromatic rings. The molecule has 3 nitrogen and oxygen atoms in total. The van der Waals surface area contributed by atoms with Gasteiger partial charge in [-0.3, -0.25) is 14.6 Å². The summed E-state index contributed by atoms with van der Waals surface area (Å²) in [5, 5.41) is 0. The fraction of sp³-hybridized carbons (Fsp3) is 0.562. The fourth-order valence-electron chi connectivity index (χ4n) is 2.96. The molecule has 1 aromatic carbocycles. The van der Waals surface area contributed by atoms with Gasteiger partial charge in [0.25, 0.3) is 0 Å². The third-order valence-corrected chi connectivity index (χ3v) is 4.02. The van der Waals surface area contributed by atoms with E-state index >= 15 is 0 Å². The molecule has 0 N–H and O–H groups in total. The van der Waals surface area contributed by atoms with Crippen molar-refractivity contribution in [3.63, 3.8) is 0 Å². The number of halogens is 1. The molecule has 1 atom stereocenters. The molecule has 1 aliphatic heterocycles. The highest BCUT2D eigenvalue weighted by molar-refractivity contribution is 5.97. The van der Waals surface area contributed by atoms with Crippen molar-refractivity contribution in [1.82, 2.24) is 9.80 Å². The van der Waals surface area contributed by atoms with Gasteiger partial charge in [0.05, 0.1) is 12.1 Å². The second kappa shape index (κ2) is 6.95. The summed E-state index contributed by atoms with van der Waals surface area (Å²) in [6.07, 6.45) is 2.42. The second-order valence-corrected chi connectivity index (χ2v) is 5.52. The molecule has 0 bridgehead atoms. The minimum atomic E-state index is -0.429. The summed E-state index contributed by atoms with van der Waals surface area (Å²) < 4.78 is 13.6. The van der Waals surface area contributed by atoms with Crippen molar-refractivity contribution < 1.29 is 9.18 Å². The molecule has 110 valence electrons. The van der Waals surface area contributed by atoms with E-state index < -0.39 is 5.82 Å². The lowest BCUT2D eigenvalue weighted by Gasteiger charge is -2.27. The number of hydrogen-bond acceptors (Lipinski definition) is 3. The number of rotatable bonds is 6. The van der Waals surface area contributed by atoms with Gasteiger partial charge in [-0.1, -0.05) is 19.1 Å². The Hall–Kier alpha value is -1.26. The van der Waals surface area contributed by atoms with Gasteiger partial charge in [-0.25, -0.2) is 4.39 Å². The van der Waals surface area contributed by atoms with Gasteiger partial charge in [0.15, 0.2) is 5.78 Å². The van der Waals surface area contributed by atoms with Crippen molar-refractivity contribution in [2.24, 2.45) is 0 Å². The lowest BCUT2D eigenvalue weighted by Crippen LogP contribution is -2.40. The highest BCUT2D eigenvalue weighted by Gasteiger charge is 2.24. The molecule has 1 fully saturated rings. The zero-order valence-corrected chi connectivity index (χ0v) is 12.3. The Balaban J connectivity index is 1.90. The topological polar surface area (TPSA) is 23.6 Å². The van der Waals surface area contributed by atoms with Crippen LogP contribution in [0.1, 0.15) is 30.1 Å². The van der Waals surface area contributed by atoms with Crippen LogP contribution in [0.3, 0.4) is 0 Å². The summed E-state index contributed by atoms with van der Waals surface area (Å²) in [5.41, 5.74) is 0.193. The molecular formula is C16H23FN2O. The number of benzene rings is 1. The van der Waals surface area contributed by atoms with Crippen LogP contribution in [0, 0.1) is 5.82 Å². The van der Waals surface area contributed by atoms with Crippen molar-refractivity contribution in [3.05, 3.63) is 35.6 Å². The fourth-order valence-corrected chi connectivity index (χ4v) is 2.96. The first kappa shape index (κ1) is 15.1. The zero-order valence-electron chi connectivity index (χ0n) is 12.3. The number of carbonyl (C=O) groups excluding carboxylic acids is 1. The van der Waals surface area contributed by atoms with E-state index in [9.17, 15) is 9.18 Å². The minimum absolute atomic E-state index is 0.147. The average Bonchev–Trinajstić information content (AvgIpc) is 2.86. The molecule has 20 heavy (non-hydrogen) atoms. The molecular weight excluding hydrogens is 255 g/mol. The third kappa shape index (κ3) is 3.64. The van der Waals surface area contributed by atoms with Crippen LogP contribution >= 0.6 is 0 Å². The molecule has 1 unspecified atom stereocenters. The molecule has 1 saturated heterocycles. The van der Waals surface area contributed by atoms with E-state index in [1.807, 2.05) is 11.9 Å². The normalized spacial score (nSPS) is 19.7. The van der Waals surface area contributed by atoms with Gasteiger partial charge in [-0.05, 0) is 45.1 Å². The first-order valence-corrected chi connectivity index (χ1v) is 7.32. The minimum Gasteiger partial charge on any atom is -0.299 e. The van der Waals surface area contributed by atoms with Crippen LogP contribution in [-0.4, -0.2) is 54.9 Å². The van der Waals surface area contributed by atoms with Crippen molar-refractivity contribution >= 4 is 5.78 Å². The number of hydrogen-bond donors (Lipinski definition) is 0. The number of Topliss-reactive ketones (excluding diaryl/α,β-unsaturated/α-hetero) is 1. The van der Waals surface area contributed by atoms with Gasteiger partial charge < -0.3 is 0 Å². The van der Waals surface area contributed by atoms with E-state index in [-0.39, 0.29) is 17.9 Å². The smallest absolute Gasteiger partial charge is 0.179 e. The van der Waals surface area contributed by atoms with E-state index in [0.717, 1.165) is 19.6 Å². The summed E-state index contributed by atoms with van der Waals surface area (Å²) >= 11 is 0. The van der Waals surface area contributed by atoms with Crippen LogP contribution < -0.4 is 0 Å². The molecule has 0 saturated carbocycles. The van der Waals surface area contributed by atoms with Crippen molar-refractivity contribution in [2.75, 3.05) is 33.2 Å². The highest BCUT2D eigenvalue weighted by atomic mass is 19.1. The van der Waals surface area contributed by atoms with E-state index in [1.54, 1.807) is 18.2 Å². The van der Waals surface area contributed by atoms with Gasteiger partial charge in [0.2, 0.25) is 0 Å². The van der Waals surface area contributed by atoms with E-state index in [1.165, 1.54) is 18.9 Å². The van der Waals surface area contributed by atoms with Gasteiger partial charge >= 0.3 is 0 Å². The molecule has 0 amide bonds. The SMILES string of the molecule is CCN1CCCC1CN(C)CC(=O)c1ccccc1F. The number of carbonyl (C=O) groups is 1. The monoisotopic (exact) mass is 278 g/mol. The second-order valence-electron chi connectivity index (χ2n) is 5.52. The van der Waals surface area contributed by atoms with Crippen molar-refractivity contribution in [3.8, 4) is 0 Å². The van der Waals surface area contributed by atoms with Gasteiger partial charge in [0.1, 0.15) is 5.82 Å². The molecule has 4 heteroatoms. The Morgan fingerprint density at radius 2 is 2.20 bits per heavy atom. The van der Waals surface area contributed by atoms with Crippen LogP contribution in [0.25, 0.3) is 0 Å². The van der Waals surface area contributed by atoms with Crippen LogP contribution in [-0.2, 0) is 0 Å². The molecule has 1 heterocycles. The van der Waals surface area contributed by atoms with Crippen LogP contribution in [0.2, 0.25) is 0 Å². The molecule has 0 radical (unpaired) electrons. The lowest BCUT2D eigenvalue weighted by atomic mass is 10.1. The summed E-state index contributed by atoms with van der Waals surface area (Å²) in [4.78, 5) is 16.6. The summed E-state index contributed by atoms with van der Waals surface area (Å²) in [5.74, 6) is -0.575. The Morgan fingerprint density at radius 3 is 2.90 bits per heavy atom. The van der Waals surface area contributed by atoms with Crippen LogP contribution in [0.15, 0.2) is 24.3 Å².